The molecule has 0 N–H and O–H groups in total. The summed E-state index contributed by atoms with van der Waals surface area (Å²) in [5.74, 6) is 0.316. The van der Waals surface area contributed by atoms with E-state index in [1.165, 1.54) is 12.8 Å². The summed E-state index contributed by atoms with van der Waals surface area (Å²) in [6.45, 7) is 6.77. The molecule has 0 unspecified atom stereocenters. The van der Waals surface area contributed by atoms with Gasteiger partial charge in [-0.25, -0.2) is 0 Å². The molecule has 1 saturated carbocycles. The average Bonchev–Trinajstić information content (AvgIpc) is 3.24. The largest absolute Gasteiger partial charge is 0.334 e. The lowest BCUT2D eigenvalue weighted by Gasteiger charge is -2.30. The average molecular weight is 343 g/mol. The Kier molecular flexibility index (Phi) is 4.00. The second-order valence-electron chi connectivity index (χ2n) is 8.90. The molecule has 5 heteroatoms. The molecule has 25 heavy (non-hydrogen) atoms. The fourth-order valence-corrected chi connectivity index (χ4v) is 5.11. The first-order valence-electron chi connectivity index (χ1n) is 9.79. The van der Waals surface area contributed by atoms with Crippen molar-refractivity contribution in [2.24, 2.45) is 5.41 Å². The first-order valence-corrected chi connectivity index (χ1v) is 9.79. The smallest absolute Gasteiger partial charge is 0.220 e. The number of hydrogen-bond acceptors (Lipinski definition) is 3. The minimum absolute atomic E-state index is 0.00627. The maximum atomic E-state index is 13.0. The summed E-state index contributed by atoms with van der Waals surface area (Å²) in [6.07, 6.45) is 8.20. The van der Waals surface area contributed by atoms with Crippen molar-refractivity contribution in [1.82, 2.24) is 14.7 Å². The van der Waals surface area contributed by atoms with Crippen LogP contribution in [0.1, 0.15) is 99.5 Å². The third-order valence-electron chi connectivity index (χ3n) is 6.24. The number of likely N-dealkylation sites (tertiary alicyclic amines) is 1. The molecule has 136 valence electrons. The lowest BCUT2D eigenvalue weighted by atomic mass is 9.75. The van der Waals surface area contributed by atoms with E-state index in [4.69, 9.17) is 5.10 Å². The molecule has 0 bridgehead atoms. The molecule has 1 atom stereocenters. The zero-order valence-corrected chi connectivity index (χ0v) is 15.7. The zero-order chi connectivity index (χ0) is 17.8. The molecule has 4 rings (SSSR count). The highest BCUT2D eigenvalue weighted by Gasteiger charge is 2.41. The van der Waals surface area contributed by atoms with Gasteiger partial charge in [0.25, 0.3) is 0 Å². The van der Waals surface area contributed by atoms with Crippen LogP contribution in [0, 0.1) is 5.41 Å². The zero-order valence-electron chi connectivity index (χ0n) is 15.7. The van der Waals surface area contributed by atoms with Crippen LogP contribution in [-0.2, 0) is 11.2 Å². The van der Waals surface area contributed by atoms with Crippen LogP contribution < -0.4 is 0 Å². The SMILES string of the molecule is CC(=O)N1CCC[C@H]1c1nn(C2CCCC2)c2c1C(=O)CC(C)(C)C2. The van der Waals surface area contributed by atoms with Gasteiger partial charge < -0.3 is 4.90 Å². The quantitative estimate of drug-likeness (QED) is 0.820. The summed E-state index contributed by atoms with van der Waals surface area (Å²) in [7, 11) is 0. The van der Waals surface area contributed by atoms with Gasteiger partial charge in [0.05, 0.1) is 29.0 Å². The number of fused-ring (bicyclic) bond motifs is 1. The Morgan fingerprint density at radius 2 is 1.84 bits per heavy atom. The standard InChI is InChI=1S/C20H29N3O2/c1-13(24)22-10-6-9-15(22)19-18-16(11-20(2,3)12-17(18)25)23(21-19)14-7-4-5-8-14/h14-15H,4-12H2,1-3H3/t15-/m0/s1. The van der Waals surface area contributed by atoms with Crippen molar-refractivity contribution in [2.75, 3.05) is 6.54 Å². The van der Waals surface area contributed by atoms with Crippen LogP contribution in [0.3, 0.4) is 0 Å². The Hall–Kier alpha value is -1.65. The van der Waals surface area contributed by atoms with Gasteiger partial charge in [-0.1, -0.05) is 26.7 Å². The van der Waals surface area contributed by atoms with E-state index >= 15 is 0 Å². The van der Waals surface area contributed by atoms with Crippen LogP contribution in [0.5, 0.6) is 0 Å². The fourth-order valence-electron chi connectivity index (χ4n) is 5.11. The van der Waals surface area contributed by atoms with E-state index in [1.54, 1.807) is 6.92 Å². The first-order chi connectivity index (χ1) is 11.9. The number of nitrogens with zero attached hydrogens (tertiary/aromatic N) is 3. The third-order valence-corrected chi connectivity index (χ3v) is 6.24. The molecule has 1 aromatic rings. The van der Waals surface area contributed by atoms with Gasteiger partial charge in [0.15, 0.2) is 5.78 Å². The molecular formula is C20H29N3O2. The van der Waals surface area contributed by atoms with Gasteiger partial charge in [0, 0.05) is 19.9 Å². The Morgan fingerprint density at radius 3 is 2.52 bits per heavy atom. The normalized spacial score (nSPS) is 26.3. The highest BCUT2D eigenvalue weighted by molar-refractivity contribution is 6.00. The number of carbonyl (C=O) groups is 2. The van der Waals surface area contributed by atoms with Crippen molar-refractivity contribution in [3.05, 3.63) is 17.0 Å². The highest BCUT2D eigenvalue weighted by atomic mass is 16.2. The second-order valence-corrected chi connectivity index (χ2v) is 8.90. The Morgan fingerprint density at radius 1 is 1.12 bits per heavy atom. The number of amides is 1. The summed E-state index contributed by atoms with van der Waals surface area (Å²) in [4.78, 5) is 27.0. The monoisotopic (exact) mass is 343 g/mol. The topological polar surface area (TPSA) is 55.2 Å². The van der Waals surface area contributed by atoms with Crippen LogP contribution in [0.25, 0.3) is 0 Å². The van der Waals surface area contributed by atoms with E-state index in [-0.39, 0.29) is 23.1 Å². The summed E-state index contributed by atoms with van der Waals surface area (Å²) < 4.78 is 2.19. The maximum Gasteiger partial charge on any atom is 0.220 e. The van der Waals surface area contributed by atoms with Crippen molar-refractivity contribution >= 4 is 11.7 Å². The molecule has 2 heterocycles. The number of ketones is 1. The molecule has 5 nitrogen and oxygen atoms in total. The van der Waals surface area contributed by atoms with Crippen LogP contribution in [0.2, 0.25) is 0 Å². The number of Topliss-reactive ketones (excluding diaryl/α,β-unsaturated/α-hetero) is 1. The summed E-state index contributed by atoms with van der Waals surface area (Å²) in [5.41, 5.74) is 2.87. The molecule has 1 amide bonds. The lowest BCUT2D eigenvalue weighted by molar-refractivity contribution is -0.129. The van der Waals surface area contributed by atoms with E-state index in [9.17, 15) is 9.59 Å². The van der Waals surface area contributed by atoms with Gasteiger partial charge in [0.2, 0.25) is 5.91 Å². The number of aromatic nitrogens is 2. The molecule has 0 spiro atoms. The number of hydrogen-bond donors (Lipinski definition) is 0. The molecule has 0 radical (unpaired) electrons. The van der Waals surface area contributed by atoms with Crippen molar-refractivity contribution in [3.8, 4) is 0 Å². The van der Waals surface area contributed by atoms with Gasteiger partial charge in [-0.05, 0) is 37.5 Å². The van der Waals surface area contributed by atoms with Gasteiger partial charge in [-0.3, -0.25) is 14.3 Å². The summed E-state index contributed by atoms with van der Waals surface area (Å²) in [6, 6.07) is 0.412. The fraction of sp³-hybridized carbons (Fsp3) is 0.750. The van der Waals surface area contributed by atoms with Crippen LogP contribution in [0.4, 0.5) is 0 Å². The molecule has 1 aliphatic heterocycles. The van der Waals surface area contributed by atoms with Crippen molar-refractivity contribution in [2.45, 2.75) is 84.2 Å². The van der Waals surface area contributed by atoms with Gasteiger partial charge in [0.1, 0.15) is 0 Å². The van der Waals surface area contributed by atoms with Crippen molar-refractivity contribution < 1.29 is 9.59 Å². The van der Waals surface area contributed by atoms with Crippen molar-refractivity contribution in [3.63, 3.8) is 0 Å². The minimum Gasteiger partial charge on any atom is -0.334 e. The van der Waals surface area contributed by atoms with E-state index < -0.39 is 0 Å². The van der Waals surface area contributed by atoms with E-state index in [0.717, 1.165) is 55.6 Å². The van der Waals surface area contributed by atoms with Crippen molar-refractivity contribution in [1.29, 1.82) is 0 Å². The molecular weight excluding hydrogens is 314 g/mol. The van der Waals surface area contributed by atoms with E-state index in [0.29, 0.717) is 12.5 Å². The summed E-state index contributed by atoms with van der Waals surface area (Å²) in [5, 5.41) is 5.01. The van der Waals surface area contributed by atoms with Crippen LogP contribution in [0.15, 0.2) is 0 Å². The van der Waals surface area contributed by atoms with Gasteiger partial charge >= 0.3 is 0 Å². The van der Waals surface area contributed by atoms with E-state index in [2.05, 4.69) is 18.5 Å². The minimum atomic E-state index is -0.0148. The first kappa shape index (κ1) is 16.8. The molecule has 3 aliphatic rings. The molecule has 2 aliphatic carbocycles. The summed E-state index contributed by atoms with van der Waals surface area (Å²) >= 11 is 0. The molecule has 0 aromatic carbocycles. The number of rotatable bonds is 2. The second kappa shape index (κ2) is 5.96. The Labute approximate surface area is 149 Å². The van der Waals surface area contributed by atoms with Crippen LogP contribution in [-0.4, -0.2) is 32.9 Å². The maximum absolute atomic E-state index is 13.0. The third kappa shape index (κ3) is 2.81. The molecule has 1 aromatic heterocycles. The highest BCUT2D eigenvalue weighted by Crippen LogP contribution is 2.43. The molecule has 2 fully saturated rings. The predicted octanol–water partition coefficient (Wildman–Crippen LogP) is 3.84. The molecule has 1 saturated heterocycles. The predicted molar refractivity (Wildman–Crippen MR) is 95.5 cm³/mol. The van der Waals surface area contributed by atoms with Gasteiger partial charge in [-0.15, -0.1) is 0 Å². The Bertz CT molecular complexity index is 713. The van der Waals surface area contributed by atoms with Crippen LogP contribution >= 0.6 is 0 Å². The van der Waals surface area contributed by atoms with Gasteiger partial charge in [-0.2, -0.15) is 5.10 Å². The Balaban J connectivity index is 1.82. The lowest BCUT2D eigenvalue weighted by Crippen LogP contribution is -2.31. The van der Waals surface area contributed by atoms with E-state index in [1.807, 2.05) is 4.90 Å². The number of carbonyl (C=O) groups excluding carboxylic acids is 2.